The number of hydrogen-bond donors (Lipinski definition) is 2. The summed E-state index contributed by atoms with van der Waals surface area (Å²) in [4.78, 5) is 24.2. The smallest absolute Gasteiger partial charge is 0.302 e. The molecule has 1 atom stereocenters. The van der Waals surface area contributed by atoms with Crippen LogP contribution in [0.3, 0.4) is 0 Å². The molecule has 0 unspecified atom stereocenters. The van der Waals surface area contributed by atoms with Crippen LogP contribution in [0.25, 0.3) is 28.2 Å². The molecular formula is C27H28FN5O3. The SMILES string of the molecule is CC(=O)OC[C@@H](Nc1[nH]nc(-c2ccc(F)cc2)c1-c1ccc(=O)n(-c2ccccc2C)n1)C(C)C. The highest BCUT2D eigenvalue weighted by atomic mass is 19.1. The molecule has 4 aromatic rings. The van der Waals surface area contributed by atoms with Gasteiger partial charge in [0.1, 0.15) is 23.9 Å². The van der Waals surface area contributed by atoms with E-state index in [-0.39, 0.29) is 35.9 Å². The number of hydrogen-bond acceptors (Lipinski definition) is 6. The number of halogens is 1. The van der Waals surface area contributed by atoms with Gasteiger partial charge in [-0.3, -0.25) is 14.7 Å². The van der Waals surface area contributed by atoms with Gasteiger partial charge in [0, 0.05) is 18.6 Å². The van der Waals surface area contributed by atoms with Crippen molar-refractivity contribution in [1.82, 2.24) is 20.0 Å². The van der Waals surface area contributed by atoms with Gasteiger partial charge in [0.15, 0.2) is 0 Å². The Labute approximate surface area is 208 Å². The van der Waals surface area contributed by atoms with E-state index < -0.39 is 0 Å². The van der Waals surface area contributed by atoms with Crippen molar-refractivity contribution in [1.29, 1.82) is 0 Å². The largest absolute Gasteiger partial charge is 0.464 e. The number of ether oxygens (including phenoxy) is 1. The first kappa shape index (κ1) is 24.8. The van der Waals surface area contributed by atoms with E-state index in [1.165, 1.54) is 29.8 Å². The van der Waals surface area contributed by atoms with Crippen molar-refractivity contribution in [3.8, 4) is 28.2 Å². The highest BCUT2D eigenvalue weighted by Crippen LogP contribution is 2.35. The zero-order valence-corrected chi connectivity index (χ0v) is 20.6. The van der Waals surface area contributed by atoms with E-state index in [0.29, 0.717) is 34.0 Å². The molecule has 8 nitrogen and oxygen atoms in total. The summed E-state index contributed by atoms with van der Waals surface area (Å²) in [6.45, 7) is 7.45. The molecule has 2 aromatic heterocycles. The van der Waals surface area contributed by atoms with Crippen molar-refractivity contribution in [2.24, 2.45) is 5.92 Å². The van der Waals surface area contributed by atoms with Crippen molar-refractivity contribution < 1.29 is 13.9 Å². The fourth-order valence-electron chi connectivity index (χ4n) is 3.82. The third kappa shape index (κ3) is 5.35. The number of esters is 1. The Morgan fingerprint density at radius 2 is 1.83 bits per heavy atom. The molecule has 2 N–H and O–H groups in total. The first-order valence-electron chi connectivity index (χ1n) is 11.7. The topological polar surface area (TPSA) is 102 Å². The number of para-hydroxylation sites is 1. The lowest BCUT2D eigenvalue weighted by Gasteiger charge is -2.23. The van der Waals surface area contributed by atoms with Crippen LogP contribution >= 0.6 is 0 Å². The van der Waals surface area contributed by atoms with Crippen LogP contribution < -0.4 is 10.9 Å². The molecular weight excluding hydrogens is 461 g/mol. The van der Waals surface area contributed by atoms with Crippen LogP contribution in [0.4, 0.5) is 10.2 Å². The van der Waals surface area contributed by atoms with Crippen LogP contribution in [0.2, 0.25) is 0 Å². The number of nitrogens with zero attached hydrogens (tertiary/aromatic N) is 3. The molecule has 0 aliphatic rings. The lowest BCUT2D eigenvalue weighted by atomic mass is 10.0. The summed E-state index contributed by atoms with van der Waals surface area (Å²) in [5.74, 6) is -0.0702. The number of benzene rings is 2. The summed E-state index contributed by atoms with van der Waals surface area (Å²) in [6.07, 6.45) is 0. The summed E-state index contributed by atoms with van der Waals surface area (Å²) < 4.78 is 20.2. The van der Waals surface area contributed by atoms with E-state index in [2.05, 4.69) is 20.6 Å². The van der Waals surface area contributed by atoms with Crippen LogP contribution in [-0.2, 0) is 9.53 Å². The van der Waals surface area contributed by atoms with Gasteiger partial charge in [-0.2, -0.15) is 14.9 Å². The Morgan fingerprint density at radius 3 is 2.50 bits per heavy atom. The van der Waals surface area contributed by atoms with Crippen molar-refractivity contribution in [2.45, 2.75) is 33.7 Å². The van der Waals surface area contributed by atoms with Gasteiger partial charge in [-0.05, 0) is 54.8 Å². The second-order valence-electron chi connectivity index (χ2n) is 8.88. The van der Waals surface area contributed by atoms with Crippen LogP contribution in [0.15, 0.2) is 65.5 Å². The van der Waals surface area contributed by atoms with Gasteiger partial charge < -0.3 is 10.1 Å². The van der Waals surface area contributed by atoms with Crippen LogP contribution in [0.1, 0.15) is 26.3 Å². The van der Waals surface area contributed by atoms with Gasteiger partial charge in [-0.25, -0.2) is 4.39 Å². The van der Waals surface area contributed by atoms with Crippen molar-refractivity contribution in [2.75, 3.05) is 11.9 Å². The molecule has 36 heavy (non-hydrogen) atoms. The van der Waals surface area contributed by atoms with Crippen LogP contribution in [0.5, 0.6) is 0 Å². The van der Waals surface area contributed by atoms with Gasteiger partial charge in [-0.1, -0.05) is 32.0 Å². The van der Waals surface area contributed by atoms with E-state index in [4.69, 9.17) is 4.74 Å². The molecule has 9 heteroatoms. The first-order valence-corrected chi connectivity index (χ1v) is 11.7. The number of H-pyrrole nitrogens is 1. The second kappa shape index (κ2) is 10.6. The average molecular weight is 490 g/mol. The minimum absolute atomic E-state index is 0.114. The van der Waals surface area contributed by atoms with Crippen molar-refractivity contribution >= 4 is 11.8 Å². The summed E-state index contributed by atoms with van der Waals surface area (Å²) in [6, 6.07) is 16.3. The standard InChI is InChI=1S/C27H28FN5O3/c1-16(2)22(15-36-18(4)34)29-27-25(26(30-31-27)19-9-11-20(28)12-10-19)21-13-14-24(35)33(32-21)23-8-6-5-7-17(23)3/h5-14,16,22H,15H2,1-4H3,(H2,29,30,31)/t22-/m1/s1. The highest BCUT2D eigenvalue weighted by molar-refractivity contribution is 5.87. The molecule has 2 heterocycles. The van der Waals surface area contributed by atoms with E-state index >= 15 is 0 Å². The Balaban J connectivity index is 1.86. The van der Waals surface area contributed by atoms with Crippen molar-refractivity contribution in [3.63, 3.8) is 0 Å². The molecule has 2 aromatic carbocycles. The zero-order chi connectivity index (χ0) is 25.8. The maximum absolute atomic E-state index is 13.6. The molecule has 0 saturated carbocycles. The predicted octanol–water partition coefficient (Wildman–Crippen LogP) is 4.74. The van der Waals surface area contributed by atoms with Crippen LogP contribution in [0, 0.1) is 18.7 Å². The Morgan fingerprint density at radius 1 is 1.11 bits per heavy atom. The summed E-state index contributed by atoms with van der Waals surface area (Å²) >= 11 is 0. The Bertz CT molecular complexity index is 1430. The number of rotatable bonds is 8. The molecule has 186 valence electrons. The van der Waals surface area contributed by atoms with Gasteiger partial charge in [0.05, 0.1) is 23.0 Å². The normalized spacial score (nSPS) is 11.9. The number of aromatic nitrogens is 4. The Hall–Kier alpha value is -4.27. The number of nitrogens with one attached hydrogen (secondary N) is 2. The molecule has 0 aliphatic heterocycles. The van der Waals surface area contributed by atoms with E-state index in [9.17, 15) is 14.0 Å². The second-order valence-corrected chi connectivity index (χ2v) is 8.88. The quantitative estimate of drug-likeness (QED) is 0.347. The lowest BCUT2D eigenvalue weighted by molar-refractivity contribution is -0.141. The minimum Gasteiger partial charge on any atom is -0.464 e. The number of aryl methyl sites for hydroxylation is 1. The number of aromatic amines is 1. The monoisotopic (exact) mass is 489 g/mol. The molecule has 0 spiro atoms. The van der Waals surface area contributed by atoms with Gasteiger partial charge in [-0.15, -0.1) is 0 Å². The minimum atomic E-state index is -0.369. The predicted molar refractivity (Wildman–Crippen MR) is 136 cm³/mol. The third-order valence-electron chi connectivity index (χ3n) is 5.88. The van der Waals surface area contributed by atoms with Crippen molar-refractivity contribution in [3.05, 3.63) is 82.4 Å². The molecule has 0 saturated heterocycles. The molecule has 0 bridgehead atoms. The number of carbonyl (C=O) groups excluding carboxylic acids is 1. The molecule has 0 aliphatic carbocycles. The fourth-order valence-corrected chi connectivity index (χ4v) is 3.82. The molecule has 0 radical (unpaired) electrons. The zero-order valence-electron chi connectivity index (χ0n) is 20.6. The average Bonchev–Trinajstić information content (AvgIpc) is 3.26. The van der Waals surface area contributed by atoms with E-state index in [0.717, 1.165) is 5.56 Å². The maximum atomic E-state index is 13.6. The summed E-state index contributed by atoms with van der Waals surface area (Å²) in [5.41, 5.74) is 3.60. The van der Waals surface area contributed by atoms with Gasteiger partial charge in [0.25, 0.3) is 5.56 Å². The molecule has 0 amide bonds. The highest BCUT2D eigenvalue weighted by Gasteiger charge is 2.23. The first-order chi connectivity index (χ1) is 17.2. The summed E-state index contributed by atoms with van der Waals surface area (Å²) in [5, 5.41) is 15.6. The van der Waals surface area contributed by atoms with Gasteiger partial charge >= 0.3 is 5.97 Å². The van der Waals surface area contributed by atoms with Gasteiger partial charge in [0.2, 0.25) is 0 Å². The van der Waals surface area contributed by atoms with E-state index in [1.807, 2.05) is 45.0 Å². The summed E-state index contributed by atoms with van der Waals surface area (Å²) in [7, 11) is 0. The maximum Gasteiger partial charge on any atom is 0.302 e. The van der Waals surface area contributed by atoms with E-state index in [1.54, 1.807) is 18.2 Å². The Kier molecular flexibility index (Phi) is 7.28. The number of carbonyl (C=O) groups is 1. The van der Waals surface area contributed by atoms with Crippen LogP contribution in [-0.4, -0.2) is 38.6 Å². The number of anilines is 1. The molecule has 0 fully saturated rings. The fraction of sp³-hybridized carbons (Fsp3) is 0.259. The molecule has 4 rings (SSSR count). The third-order valence-corrected chi connectivity index (χ3v) is 5.88. The lowest BCUT2D eigenvalue weighted by Crippen LogP contribution is -2.32.